The summed E-state index contributed by atoms with van der Waals surface area (Å²) in [5.74, 6) is -1.58. The van der Waals surface area contributed by atoms with Crippen molar-refractivity contribution in [3.8, 4) is 0 Å². The van der Waals surface area contributed by atoms with Crippen LogP contribution in [0.15, 0.2) is 0 Å². The molecule has 1 fully saturated rings. The molecule has 1 aliphatic heterocycles. The fourth-order valence-electron chi connectivity index (χ4n) is 2.88. The maximum Gasteiger partial charge on any atom is 0.352 e. The Morgan fingerprint density at radius 1 is 1.33 bits per heavy atom. The van der Waals surface area contributed by atoms with Crippen molar-refractivity contribution < 1.29 is 19.5 Å². The van der Waals surface area contributed by atoms with Crippen molar-refractivity contribution in [1.82, 2.24) is 15.2 Å². The minimum absolute atomic E-state index is 0.0199. The van der Waals surface area contributed by atoms with Crippen LogP contribution in [0.2, 0.25) is 0 Å². The van der Waals surface area contributed by atoms with E-state index in [4.69, 9.17) is 5.11 Å². The highest BCUT2D eigenvalue weighted by atomic mass is 16.4. The summed E-state index contributed by atoms with van der Waals surface area (Å²) >= 11 is 0. The minimum Gasteiger partial charge on any atom is -0.477 e. The van der Waals surface area contributed by atoms with Crippen molar-refractivity contribution in [2.45, 2.75) is 32.7 Å². The summed E-state index contributed by atoms with van der Waals surface area (Å²) in [5.41, 5.74) is 1.29. The van der Waals surface area contributed by atoms with E-state index in [2.05, 4.69) is 10.3 Å². The highest BCUT2D eigenvalue weighted by molar-refractivity contribution is 6.02. The Labute approximate surface area is 122 Å². The average molecular weight is 293 g/mol. The van der Waals surface area contributed by atoms with Crippen molar-refractivity contribution in [1.29, 1.82) is 0 Å². The van der Waals surface area contributed by atoms with Gasteiger partial charge in [-0.1, -0.05) is 0 Å². The number of aryl methyl sites for hydroxylation is 1. The number of carbonyl (C=O) groups excluding carboxylic acids is 2. The van der Waals surface area contributed by atoms with Crippen LogP contribution in [0.3, 0.4) is 0 Å². The molecule has 2 heterocycles. The molecule has 3 N–H and O–H groups in total. The highest BCUT2D eigenvalue weighted by Gasteiger charge is 2.36. The molecule has 0 aliphatic carbocycles. The number of hydrogen-bond donors (Lipinski definition) is 3. The smallest absolute Gasteiger partial charge is 0.352 e. The number of nitrogens with one attached hydrogen (secondary N) is 2. The fourth-order valence-corrected chi connectivity index (χ4v) is 2.88. The van der Waals surface area contributed by atoms with E-state index in [0.717, 1.165) is 6.42 Å². The molecule has 7 nitrogen and oxygen atoms in total. The van der Waals surface area contributed by atoms with Crippen LogP contribution in [0, 0.1) is 13.8 Å². The zero-order valence-corrected chi connectivity index (χ0v) is 12.3. The first-order valence-electron chi connectivity index (χ1n) is 6.83. The van der Waals surface area contributed by atoms with Gasteiger partial charge in [-0.05, 0) is 32.3 Å². The Kier molecular flexibility index (Phi) is 4.02. The predicted molar refractivity (Wildman–Crippen MR) is 75.4 cm³/mol. The molecule has 0 saturated carbocycles. The second-order valence-electron chi connectivity index (χ2n) is 5.20. The lowest BCUT2D eigenvalue weighted by atomic mass is 10.1. The van der Waals surface area contributed by atoms with Gasteiger partial charge in [0, 0.05) is 19.3 Å². The number of amides is 2. The number of likely N-dealkylation sites (N-methyl/N-ethyl adjacent to an activating group) is 1. The Balaban J connectivity index is 2.36. The summed E-state index contributed by atoms with van der Waals surface area (Å²) in [6.07, 6.45) is 1.39. The molecule has 1 atom stereocenters. The number of hydrogen-bond acceptors (Lipinski definition) is 3. The van der Waals surface area contributed by atoms with Crippen molar-refractivity contribution >= 4 is 17.8 Å². The van der Waals surface area contributed by atoms with Crippen LogP contribution in [0.5, 0.6) is 0 Å². The van der Waals surface area contributed by atoms with E-state index in [1.807, 2.05) is 0 Å². The predicted octanol–water partition coefficient (Wildman–Crippen LogP) is 0.680. The molecular weight excluding hydrogens is 274 g/mol. The van der Waals surface area contributed by atoms with Crippen LogP contribution in [-0.4, -0.2) is 52.4 Å². The monoisotopic (exact) mass is 293 g/mol. The molecule has 7 heteroatoms. The van der Waals surface area contributed by atoms with Crippen molar-refractivity contribution in [3.63, 3.8) is 0 Å². The van der Waals surface area contributed by atoms with Gasteiger partial charge in [0.25, 0.3) is 5.91 Å². The third-order valence-corrected chi connectivity index (χ3v) is 3.93. The van der Waals surface area contributed by atoms with Gasteiger partial charge in [0.05, 0.1) is 5.56 Å². The zero-order valence-electron chi connectivity index (χ0n) is 12.3. The molecule has 0 aromatic carbocycles. The number of aromatic amines is 1. The number of carboxylic acid groups (broad SMARTS) is 1. The maximum atomic E-state index is 12.7. The Morgan fingerprint density at radius 2 is 2.00 bits per heavy atom. The number of likely N-dealkylation sites (tertiary alicyclic amines) is 1. The standard InChI is InChI=1S/C14H19N3O4/c1-7-10(8(2)16-11(7)14(20)21)13(19)17-6-4-5-9(17)12(18)15-3/h9,16H,4-6H2,1-3H3,(H,15,18)(H,20,21). The number of aromatic nitrogens is 1. The van der Waals surface area contributed by atoms with Crippen molar-refractivity contribution in [2.75, 3.05) is 13.6 Å². The molecule has 0 bridgehead atoms. The van der Waals surface area contributed by atoms with Crippen LogP contribution in [-0.2, 0) is 4.79 Å². The van der Waals surface area contributed by atoms with Crippen molar-refractivity contribution in [3.05, 3.63) is 22.5 Å². The molecular formula is C14H19N3O4. The van der Waals surface area contributed by atoms with Crippen molar-refractivity contribution in [2.24, 2.45) is 0 Å². The molecule has 0 radical (unpaired) electrons. The molecule has 1 aliphatic rings. The first-order valence-corrected chi connectivity index (χ1v) is 6.83. The number of carbonyl (C=O) groups is 3. The van der Waals surface area contributed by atoms with Crippen LogP contribution >= 0.6 is 0 Å². The van der Waals surface area contributed by atoms with E-state index >= 15 is 0 Å². The Bertz CT molecular complexity index is 606. The molecule has 1 aromatic rings. The topological polar surface area (TPSA) is 103 Å². The van der Waals surface area contributed by atoms with E-state index < -0.39 is 12.0 Å². The number of nitrogens with zero attached hydrogens (tertiary/aromatic N) is 1. The number of carboxylic acids is 1. The largest absolute Gasteiger partial charge is 0.477 e. The van der Waals surface area contributed by atoms with Gasteiger partial charge in [-0.2, -0.15) is 0 Å². The van der Waals surface area contributed by atoms with E-state index in [-0.39, 0.29) is 17.5 Å². The van der Waals surface area contributed by atoms with Gasteiger partial charge in [-0.25, -0.2) is 4.79 Å². The Hall–Kier alpha value is -2.31. The normalized spacial score (nSPS) is 17.9. The molecule has 21 heavy (non-hydrogen) atoms. The second-order valence-corrected chi connectivity index (χ2v) is 5.20. The summed E-state index contributed by atoms with van der Waals surface area (Å²) in [7, 11) is 1.54. The Morgan fingerprint density at radius 3 is 2.52 bits per heavy atom. The molecule has 114 valence electrons. The lowest BCUT2D eigenvalue weighted by Gasteiger charge is -2.23. The van der Waals surface area contributed by atoms with Gasteiger partial charge < -0.3 is 20.3 Å². The van der Waals surface area contributed by atoms with Crippen LogP contribution < -0.4 is 5.32 Å². The van der Waals surface area contributed by atoms with Gasteiger partial charge in [0.2, 0.25) is 5.91 Å². The third-order valence-electron chi connectivity index (χ3n) is 3.93. The molecule has 0 spiro atoms. The van der Waals surface area contributed by atoms with E-state index in [0.29, 0.717) is 29.8 Å². The SMILES string of the molecule is CNC(=O)C1CCCN1C(=O)c1c(C)[nH]c(C(=O)O)c1C. The van der Waals surface area contributed by atoms with E-state index in [9.17, 15) is 14.4 Å². The molecule has 1 saturated heterocycles. The average Bonchev–Trinajstić information content (AvgIpc) is 3.02. The summed E-state index contributed by atoms with van der Waals surface area (Å²) in [4.78, 5) is 39.9. The minimum atomic E-state index is -1.10. The van der Waals surface area contributed by atoms with E-state index in [1.165, 1.54) is 4.90 Å². The number of H-pyrrole nitrogens is 1. The fraction of sp³-hybridized carbons (Fsp3) is 0.500. The highest BCUT2D eigenvalue weighted by Crippen LogP contribution is 2.25. The summed E-state index contributed by atoms with van der Waals surface area (Å²) in [5, 5.41) is 11.7. The van der Waals surface area contributed by atoms with Gasteiger partial charge >= 0.3 is 5.97 Å². The van der Waals surface area contributed by atoms with Gasteiger partial charge in [0.15, 0.2) is 0 Å². The number of rotatable bonds is 3. The third kappa shape index (κ3) is 2.51. The maximum absolute atomic E-state index is 12.7. The van der Waals surface area contributed by atoms with E-state index in [1.54, 1.807) is 20.9 Å². The van der Waals surface area contributed by atoms with Gasteiger partial charge in [-0.15, -0.1) is 0 Å². The summed E-state index contributed by atoms with van der Waals surface area (Å²) < 4.78 is 0. The molecule has 2 amide bonds. The van der Waals surface area contributed by atoms with Gasteiger partial charge in [-0.3, -0.25) is 9.59 Å². The molecule has 1 aromatic heterocycles. The first kappa shape index (κ1) is 15.1. The zero-order chi connectivity index (χ0) is 15.7. The molecule has 1 unspecified atom stereocenters. The second kappa shape index (κ2) is 5.59. The first-order chi connectivity index (χ1) is 9.88. The van der Waals surface area contributed by atoms with Crippen LogP contribution in [0.25, 0.3) is 0 Å². The lowest BCUT2D eigenvalue weighted by Crippen LogP contribution is -2.45. The van der Waals surface area contributed by atoms with Crippen LogP contribution in [0.4, 0.5) is 0 Å². The number of aromatic carboxylic acids is 1. The van der Waals surface area contributed by atoms with Gasteiger partial charge in [0.1, 0.15) is 11.7 Å². The summed E-state index contributed by atoms with van der Waals surface area (Å²) in [6, 6.07) is -0.482. The molecule has 2 rings (SSSR count). The van der Waals surface area contributed by atoms with Crippen LogP contribution in [0.1, 0.15) is 44.9 Å². The lowest BCUT2D eigenvalue weighted by molar-refractivity contribution is -0.124. The summed E-state index contributed by atoms with van der Waals surface area (Å²) in [6.45, 7) is 3.77. The quantitative estimate of drug-likeness (QED) is 0.762.